The van der Waals surface area contributed by atoms with E-state index in [1.54, 1.807) is 0 Å². The summed E-state index contributed by atoms with van der Waals surface area (Å²) < 4.78 is 0. The van der Waals surface area contributed by atoms with Crippen LogP contribution in [0.2, 0.25) is 0 Å². The molecule has 1 aliphatic rings. The first-order valence-corrected chi connectivity index (χ1v) is 4.48. The van der Waals surface area contributed by atoms with Gasteiger partial charge in [0.05, 0.1) is 0 Å². The van der Waals surface area contributed by atoms with Crippen LogP contribution < -0.4 is 5.56 Å². The van der Waals surface area contributed by atoms with E-state index in [-0.39, 0.29) is 5.69 Å². The van der Waals surface area contributed by atoms with E-state index in [0.29, 0.717) is 18.2 Å². The molecule has 0 spiro atoms. The van der Waals surface area contributed by atoms with Gasteiger partial charge in [0.15, 0.2) is 5.69 Å². The fourth-order valence-electron chi connectivity index (χ4n) is 1.31. The summed E-state index contributed by atoms with van der Waals surface area (Å²) in [5, 5.41) is 8.67. The molecule has 0 radical (unpaired) electrons. The lowest BCUT2D eigenvalue weighted by Crippen LogP contribution is -2.16. The molecule has 0 aromatic carbocycles. The first kappa shape index (κ1) is 8.93. The summed E-state index contributed by atoms with van der Waals surface area (Å²) in [4.78, 5) is 28.1. The molecular formula is C9H10N2O3. The number of nitrogens with one attached hydrogen (secondary N) is 1. The van der Waals surface area contributed by atoms with Crippen molar-refractivity contribution in [2.75, 3.05) is 0 Å². The third-order valence-corrected chi connectivity index (χ3v) is 2.19. The predicted octanol–water partition coefficient (Wildman–Crippen LogP) is 0.421. The molecule has 0 aliphatic heterocycles. The summed E-state index contributed by atoms with van der Waals surface area (Å²) in [5.74, 6) is -0.104. The highest BCUT2D eigenvalue weighted by Crippen LogP contribution is 2.31. The molecule has 0 unspecified atom stereocenters. The number of carbonyl (C=O) groups is 1. The molecule has 0 amide bonds. The molecule has 2 rings (SSSR count). The Morgan fingerprint density at radius 3 is 2.93 bits per heavy atom. The smallest absolute Gasteiger partial charge is 0.354 e. The zero-order valence-corrected chi connectivity index (χ0v) is 7.49. The largest absolute Gasteiger partial charge is 0.477 e. The first-order chi connectivity index (χ1) is 6.65. The van der Waals surface area contributed by atoms with Gasteiger partial charge < -0.3 is 10.1 Å². The quantitative estimate of drug-likeness (QED) is 0.730. The Balaban J connectivity index is 2.30. The average molecular weight is 194 g/mol. The normalized spacial score (nSPS) is 15.4. The lowest BCUT2D eigenvalue weighted by atomic mass is 10.2. The van der Waals surface area contributed by atoms with E-state index in [9.17, 15) is 9.59 Å². The Bertz CT molecular complexity index is 420. The van der Waals surface area contributed by atoms with E-state index in [2.05, 4.69) is 9.97 Å². The molecular weight excluding hydrogens is 184 g/mol. The second-order valence-electron chi connectivity index (χ2n) is 3.53. The number of hydrogen-bond donors (Lipinski definition) is 2. The van der Waals surface area contributed by atoms with Crippen molar-refractivity contribution >= 4 is 5.97 Å². The van der Waals surface area contributed by atoms with Crippen LogP contribution in [0, 0.1) is 5.92 Å². The standard InChI is InChI=1S/C9H10N2O3/c12-8-4-6(9(13)14)10-7(11-8)3-5-1-2-5/h4-5H,1-3H2,(H,13,14)(H,10,11,12). The number of rotatable bonds is 3. The van der Waals surface area contributed by atoms with Crippen molar-refractivity contribution in [3.8, 4) is 0 Å². The Morgan fingerprint density at radius 1 is 1.64 bits per heavy atom. The van der Waals surface area contributed by atoms with Crippen molar-refractivity contribution in [2.24, 2.45) is 5.92 Å². The molecule has 1 fully saturated rings. The van der Waals surface area contributed by atoms with Crippen LogP contribution in [0.5, 0.6) is 0 Å². The van der Waals surface area contributed by atoms with Crippen LogP contribution in [0.25, 0.3) is 0 Å². The highest BCUT2D eigenvalue weighted by Gasteiger charge is 2.23. The van der Waals surface area contributed by atoms with Gasteiger partial charge in [-0.05, 0) is 18.8 Å². The molecule has 0 saturated heterocycles. The number of H-pyrrole nitrogens is 1. The maximum absolute atomic E-state index is 11.1. The number of aromatic nitrogens is 2. The highest BCUT2D eigenvalue weighted by atomic mass is 16.4. The summed E-state index contributed by atoms with van der Waals surface area (Å²) in [6.45, 7) is 0. The van der Waals surface area contributed by atoms with E-state index in [1.165, 1.54) is 0 Å². The fraction of sp³-hybridized carbons (Fsp3) is 0.444. The maximum Gasteiger partial charge on any atom is 0.354 e. The molecule has 5 heteroatoms. The topological polar surface area (TPSA) is 83.0 Å². The van der Waals surface area contributed by atoms with Crippen molar-refractivity contribution in [1.29, 1.82) is 0 Å². The fourth-order valence-corrected chi connectivity index (χ4v) is 1.31. The van der Waals surface area contributed by atoms with Crippen LogP contribution in [0.15, 0.2) is 10.9 Å². The van der Waals surface area contributed by atoms with Crippen LogP contribution in [0.1, 0.15) is 29.2 Å². The van der Waals surface area contributed by atoms with Crippen molar-refractivity contribution in [3.63, 3.8) is 0 Å². The van der Waals surface area contributed by atoms with Crippen LogP contribution in [0.3, 0.4) is 0 Å². The van der Waals surface area contributed by atoms with E-state index >= 15 is 0 Å². The molecule has 1 aromatic rings. The molecule has 14 heavy (non-hydrogen) atoms. The van der Waals surface area contributed by atoms with Gasteiger partial charge in [-0.15, -0.1) is 0 Å². The van der Waals surface area contributed by atoms with Gasteiger partial charge in [0, 0.05) is 12.5 Å². The maximum atomic E-state index is 11.1. The van der Waals surface area contributed by atoms with Gasteiger partial charge in [0.2, 0.25) is 0 Å². The van der Waals surface area contributed by atoms with Gasteiger partial charge >= 0.3 is 5.97 Å². The highest BCUT2D eigenvalue weighted by molar-refractivity contribution is 5.85. The van der Waals surface area contributed by atoms with Gasteiger partial charge in [0.1, 0.15) is 5.82 Å². The van der Waals surface area contributed by atoms with Crippen LogP contribution in [0.4, 0.5) is 0 Å². The molecule has 0 bridgehead atoms. The van der Waals surface area contributed by atoms with Gasteiger partial charge in [0.25, 0.3) is 5.56 Å². The molecule has 1 aromatic heterocycles. The van der Waals surface area contributed by atoms with Gasteiger partial charge in [-0.3, -0.25) is 4.79 Å². The van der Waals surface area contributed by atoms with E-state index in [1.807, 2.05) is 0 Å². The first-order valence-electron chi connectivity index (χ1n) is 4.48. The second-order valence-corrected chi connectivity index (χ2v) is 3.53. The molecule has 5 nitrogen and oxygen atoms in total. The Hall–Kier alpha value is -1.65. The van der Waals surface area contributed by atoms with E-state index in [0.717, 1.165) is 18.9 Å². The van der Waals surface area contributed by atoms with Crippen molar-refractivity contribution in [2.45, 2.75) is 19.3 Å². The third kappa shape index (κ3) is 1.99. The zero-order valence-electron chi connectivity index (χ0n) is 7.49. The predicted molar refractivity (Wildman–Crippen MR) is 48.2 cm³/mol. The van der Waals surface area contributed by atoms with Gasteiger partial charge in [-0.2, -0.15) is 0 Å². The SMILES string of the molecule is O=C(O)c1cc(=O)[nH]c(CC2CC2)n1. The minimum atomic E-state index is -1.16. The van der Waals surface area contributed by atoms with Gasteiger partial charge in [-0.25, -0.2) is 9.78 Å². The number of hydrogen-bond acceptors (Lipinski definition) is 3. The lowest BCUT2D eigenvalue weighted by molar-refractivity contribution is 0.0689. The molecule has 74 valence electrons. The number of aromatic carboxylic acids is 1. The molecule has 0 atom stereocenters. The molecule has 2 N–H and O–H groups in total. The molecule has 1 heterocycles. The Kier molecular flexibility index (Phi) is 2.07. The van der Waals surface area contributed by atoms with Crippen LogP contribution >= 0.6 is 0 Å². The van der Waals surface area contributed by atoms with Gasteiger partial charge in [-0.1, -0.05) is 0 Å². The lowest BCUT2D eigenvalue weighted by Gasteiger charge is -1.99. The molecule has 1 aliphatic carbocycles. The minimum absolute atomic E-state index is 0.176. The average Bonchev–Trinajstić information content (AvgIpc) is 2.87. The number of nitrogens with zero attached hydrogens (tertiary/aromatic N) is 1. The zero-order chi connectivity index (χ0) is 10.1. The van der Waals surface area contributed by atoms with Crippen molar-refractivity contribution in [3.05, 3.63) is 27.9 Å². The summed E-state index contributed by atoms with van der Waals surface area (Å²) in [6.07, 6.45) is 2.96. The number of aromatic amines is 1. The summed E-state index contributed by atoms with van der Waals surface area (Å²) in [6, 6.07) is 0.999. The van der Waals surface area contributed by atoms with Crippen LogP contribution in [-0.2, 0) is 6.42 Å². The second kappa shape index (κ2) is 3.25. The van der Waals surface area contributed by atoms with Crippen molar-refractivity contribution in [1.82, 2.24) is 9.97 Å². The minimum Gasteiger partial charge on any atom is -0.477 e. The Labute approximate surface area is 79.8 Å². The molecule has 1 saturated carbocycles. The van der Waals surface area contributed by atoms with E-state index < -0.39 is 11.5 Å². The summed E-state index contributed by atoms with van der Waals surface area (Å²) in [7, 11) is 0. The summed E-state index contributed by atoms with van der Waals surface area (Å²) in [5.41, 5.74) is -0.572. The van der Waals surface area contributed by atoms with Crippen molar-refractivity contribution < 1.29 is 9.90 Å². The number of carboxylic acids is 1. The monoisotopic (exact) mass is 194 g/mol. The third-order valence-electron chi connectivity index (χ3n) is 2.19. The van der Waals surface area contributed by atoms with E-state index in [4.69, 9.17) is 5.11 Å². The summed E-state index contributed by atoms with van der Waals surface area (Å²) >= 11 is 0. The Morgan fingerprint density at radius 2 is 2.36 bits per heavy atom. The number of carboxylic acid groups (broad SMARTS) is 1. The van der Waals surface area contributed by atoms with Crippen LogP contribution in [-0.4, -0.2) is 21.0 Å².